The van der Waals surface area contributed by atoms with E-state index in [9.17, 15) is 8.78 Å². The fourth-order valence-corrected chi connectivity index (χ4v) is 1.38. The fraction of sp³-hybridized carbons (Fsp3) is 1.00. The number of nitrogens with zero attached hydrogens (tertiary/aromatic N) is 1. The van der Waals surface area contributed by atoms with Crippen molar-refractivity contribution in [2.45, 2.75) is 38.5 Å². The molecule has 0 amide bonds. The molecule has 2 nitrogen and oxygen atoms in total. The van der Waals surface area contributed by atoms with Gasteiger partial charge >= 0.3 is 0 Å². The topological polar surface area (TPSA) is 29.3 Å². The number of rotatable bonds is 9. The summed E-state index contributed by atoms with van der Waals surface area (Å²) in [6.07, 6.45) is 3.32. The Morgan fingerprint density at radius 2 is 1.64 bits per heavy atom. The van der Waals surface area contributed by atoms with Gasteiger partial charge in [0.15, 0.2) is 0 Å². The molecule has 0 aromatic rings. The van der Waals surface area contributed by atoms with Gasteiger partial charge < -0.3 is 10.6 Å². The average Bonchev–Trinajstić information content (AvgIpc) is 2.10. The van der Waals surface area contributed by atoms with Crippen LogP contribution in [0.15, 0.2) is 0 Å². The van der Waals surface area contributed by atoms with E-state index in [2.05, 4.69) is 0 Å². The summed E-state index contributed by atoms with van der Waals surface area (Å²) in [6, 6.07) is 0. The molecule has 0 atom stereocenters. The Labute approximate surface area is 85.5 Å². The third-order valence-corrected chi connectivity index (χ3v) is 2.19. The highest BCUT2D eigenvalue weighted by atomic mass is 19.3. The first-order valence-corrected chi connectivity index (χ1v) is 5.33. The molecule has 4 heteroatoms. The Balaban J connectivity index is 3.10. The van der Waals surface area contributed by atoms with Crippen LogP contribution < -0.4 is 5.73 Å². The molecule has 0 aliphatic carbocycles. The molecule has 0 bridgehead atoms. The molecule has 0 saturated carbocycles. The number of alkyl halides is 2. The van der Waals surface area contributed by atoms with Crippen LogP contribution in [0.5, 0.6) is 0 Å². The lowest BCUT2D eigenvalue weighted by Crippen LogP contribution is -2.25. The van der Waals surface area contributed by atoms with Crippen LogP contribution in [0, 0.1) is 0 Å². The lowest BCUT2D eigenvalue weighted by Gasteiger charge is -2.15. The van der Waals surface area contributed by atoms with E-state index in [1.165, 1.54) is 6.42 Å². The number of hydrogen-bond donors (Lipinski definition) is 1. The molecule has 0 spiro atoms. The molecule has 0 heterocycles. The maximum absolute atomic E-state index is 11.9. The minimum Gasteiger partial charge on any atom is -0.330 e. The second kappa shape index (κ2) is 9.34. The predicted molar refractivity (Wildman–Crippen MR) is 55.6 cm³/mol. The summed E-state index contributed by atoms with van der Waals surface area (Å²) in [4.78, 5) is 1.69. The van der Waals surface area contributed by atoms with Crippen molar-refractivity contribution in [2.75, 3.05) is 26.7 Å². The molecule has 0 aromatic carbocycles. The van der Waals surface area contributed by atoms with Gasteiger partial charge in [0.1, 0.15) is 0 Å². The molecular weight excluding hydrogens is 186 g/mol. The van der Waals surface area contributed by atoms with Crippen LogP contribution in [-0.4, -0.2) is 38.0 Å². The Morgan fingerprint density at radius 1 is 1.07 bits per heavy atom. The standard InChI is InChI=1S/C10H22F2N2/c1-14(9-10(11)12)8-6-4-2-3-5-7-13/h10H,2-9,13H2,1H3. The maximum Gasteiger partial charge on any atom is 0.251 e. The molecule has 14 heavy (non-hydrogen) atoms. The van der Waals surface area contributed by atoms with Crippen molar-refractivity contribution in [2.24, 2.45) is 5.73 Å². The van der Waals surface area contributed by atoms with Crippen molar-refractivity contribution in [3.63, 3.8) is 0 Å². The summed E-state index contributed by atoms with van der Waals surface area (Å²) in [7, 11) is 1.74. The number of hydrogen-bond acceptors (Lipinski definition) is 2. The fourth-order valence-electron chi connectivity index (χ4n) is 1.38. The monoisotopic (exact) mass is 208 g/mol. The van der Waals surface area contributed by atoms with Gasteiger partial charge in [-0.3, -0.25) is 0 Å². The van der Waals surface area contributed by atoms with Crippen molar-refractivity contribution < 1.29 is 8.78 Å². The van der Waals surface area contributed by atoms with Crippen LogP contribution in [0.1, 0.15) is 32.1 Å². The van der Waals surface area contributed by atoms with Gasteiger partial charge in [0.25, 0.3) is 6.43 Å². The van der Waals surface area contributed by atoms with Crippen molar-refractivity contribution in [1.82, 2.24) is 4.90 Å². The van der Waals surface area contributed by atoms with Crippen LogP contribution in [0.4, 0.5) is 8.78 Å². The summed E-state index contributed by atoms with van der Waals surface area (Å²) in [5.74, 6) is 0. The van der Waals surface area contributed by atoms with Crippen LogP contribution in [0.3, 0.4) is 0 Å². The highest BCUT2D eigenvalue weighted by molar-refractivity contribution is 4.54. The van der Waals surface area contributed by atoms with Crippen LogP contribution in [0.2, 0.25) is 0 Å². The first-order chi connectivity index (χ1) is 6.66. The first-order valence-electron chi connectivity index (χ1n) is 5.33. The summed E-state index contributed by atoms with van der Waals surface area (Å²) < 4.78 is 23.8. The van der Waals surface area contributed by atoms with E-state index in [-0.39, 0.29) is 6.54 Å². The quantitative estimate of drug-likeness (QED) is 0.588. The Morgan fingerprint density at radius 3 is 2.21 bits per heavy atom. The smallest absolute Gasteiger partial charge is 0.251 e. The molecule has 0 saturated heterocycles. The zero-order valence-corrected chi connectivity index (χ0v) is 9.01. The molecule has 0 unspecified atom stereocenters. The van der Waals surface area contributed by atoms with Gasteiger partial charge in [-0.05, 0) is 33.0 Å². The molecule has 0 rings (SSSR count). The summed E-state index contributed by atoms with van der Waals surface area (Å²) in [5.41, 5.74) is 5.35. The van der Waals surface area contributed by atoms with Gasteiger partial charge in [0.2, 0.25) is 0 Å². The molecular formula is C10H22F2N2. The molecule has 86 valence electrons. The molecule has 0 aromatic heterocycles. The second-order valence-electron chi connectivity index (χ2n) is 3.71. The van der Waals surface area contributed by atoms with E-state index >= 15 is 0 Å². The largest absolute Gasteiger partial charge is 0.330 e. The van der Waals surface area contributed by atoms with Gasteiger partial charge in [0, 0.05) is 0 Å². The second-order valence-corrected chi connectivity index (χ2v) is 3.71. The van der Waals surface area contributed by atoms with E-state index in [1.807, 2.05) is 0 Å². The van der Waals surface area contributed by atoms with Gasteiger partial charge in [-0.1, -0.05) is 19.3 Å². The Kier molecular flexibility index (Phi) is 9.19. The molecule has 0 fully saturated rings. The Hall–Kier alpha value is -0.220. The zero-order valence-electron chi connectivity index (χ0n) is 9.01. The molecule has 2 N–H and O–H groups in total. The summed E-state index contributed by atoms with van der Waals surface area (Å²) in [5, 5.41) is 0. The van der Waals surface area contributed by atoms with Gasteiger partial charge in [-0.2, -0.15) is 0 Å². The number of nitrogens with two attached hydrogens (primary N) is 1. The lowest BCUT2D eigenvalue weighted by atomic mass is 10.1. The number of unbranched alkanes of at least 4 members (excludes halogenated alkanes) is 4. The van der Waals surface area contributed by atoms with Gasteiger partial charge in [0.05, 0.1) is 6.54 Å². The third kappa shape index (κ3) is 9.86. The number of halogens is 2. The van der Waals surface area contributed by atoms with E-state index in [0.717, 1.165) is 38.8 Å². The van der Waals surface area contributed by atoms with Crippen molar-refractivity contribution in [3.8, 4) is 0 Å². The zero-order chi connectivity index (χ0) is 10.8. The lowest BCUT2D eigenvalue weighted by molar-refractivity contribution is 0.0995. The maximum atomic E-state index is 11.9. The van der Waals surface area contributed by atoms with Crippen LogP contribution in [0.25, 0.3) is 0 Å². The molecule has 0 aliphatic heterocycles. The highest BCUT2D eigenvalue weighted by Crippen LogP contribution is 2.04. The normalized spacial score (nSPS) is 11.6. The van der Waals surface area contributed by atoms with Crippen molar-refractivity contribution >= 4 is 0 Å². The molecule has 0 radical (unpaired) electrons. The van der Waals surface area contributed by atoms with Crippen molar-refractivity contribution in [1.29, 1.82) is 0 Å². The van der Waals surface area contributed by atoms with E-state index in [4.69, 9.17) is 5.73 Å². The minimum atomic E-state index is -2.21. The summed E-state index contributed by atoms with van der Waals surface area (Å²) >= 11 is 0. The van der Waals surface area contributed by atoms with Crippen molar-refractivity contribution in [3.05, 3.63) is 0 Å². The predicted octanol–water partition coefficient (Wildman–Crippen LogP) is 2.09. The summed E-state index contributed by atoms with van der Waals surface area (Å²) in [6.45, 7) is 1.42. The molecule has 0 aliphatic rings. The van der Waals surface area contributed by atoms with Gasteiger partial charge in [-0.25, -0.2) is 8.78 Å². The van der Waals surface area contributed by atoms with Crippen LogP contribution in [-0.2, 0) is 0 Å². The van der Waals surface area contributed by atoms with E-state index in [1.54, 1.807) is 11.9 Å². The highest BCUT2D eigenvalue weighted by Gasteiger charge is 2.06. The first kappa shape index (κ1) is 13.8. The van der Waals surface area contributed by atoms with Crippen LogP contribution >= 0.6 is 0 Å². The van der Waals surface area contributed by atoms with E-state index < -0.39 is 6.43 Å². The third-order valence-electron chi connectivity index (χ3n) is 2.19. The van der Waals surface area contributed by atoms with E-state index in [0.29, 0.717) is 0 Å². The minimum absolute atomic E-state index is 0.108. The Bertz CT molecular complexity index is 121. The SMILES string of the molecule is CN(CCCCCCCN)CC(F)F. The van der Waals surface area contributed by atoms with Gasteiger partial charge in [-0.15, -0.1) is 0 Å². The average molecular weight is 208 g/mol.